The summed E-state index contributed by atoms with van der Waals surface area (Å²) in [5.74, 6) is 2.30. The molecule has 2 aliphatic rings. The fourth-order valence-electron chi connectivity index (χ4n) is 2.87. The van der Waals surface area contributed by atoms with Crippen LogP contribution in [0.2, 0.25) is 0 Å². The first kappa shape index (κ1) is 14.5. The molecule has 3 rings (SSSR count). The normalized spacial score (nSPS) is 22.5. The molecule has 116 valence electrons. The van der Waals surface area contributed by atoms with Crippen LogP contribution >= 0.6 is 0 Å². The highest BCUT2D eigenvalue weighted by molar-refractivity contribution is 5.76. The van der Waals surface area contributed by atoms with E-state index in [1.807, 2.05) is 11.9 Å². The lowest BCUT2D eigenvalue weighted by atomic mass is 10.1. The summed E-state index contributed by atoms with van der Waals surface area (Å²) in [4.78, 5) is 18.6. The molecule has 1 saturated carbocycles. The number of nitrogens with one attached hydrogen (secondary N) is 1. The molecule has 1 saturated heterocycles. The van der Waals surface area contributed by atoms with Crippen LogP contribution in [0.1, 0.15) is 56.2 Å². The molecule has 0 bridgehead atoms. The maximum Gasteiger partial charge on any atom is 0.226 e. The number of hydrogen-bond donors (Lipinski definition) is 1. The highest BCUT2D eigenvalue weighted by atomic mass is 16.5. The average Bonchev–Trinajstić information content (AvgIpc) is 3.27. The zero-order valence-corrected chi connectivity index (χ0v) is 12.7. The van der Waals surface area contributed by atoms with Gasteiger partial charge in [-0.15, -0.1) is 0 Å². The molecule has 1 aliphatic heterocycles. The number of carbonyl (C=O) groups excluding carboxylic acids is 1. The van der Waals surface area contributed by atoms with Crippen molar-refractivity contribution in [3.05, 3.63) is 11.7 Å². The monoisotopic (exact) mass is 292 g/mol. The van der Waals surface area contributed by atoms with Crippen molar-refractivity contribution in [3.8, 4) is 0 Å². The predicted octanol–water partition coefficient (Wildman–Crippen LogP) is 1.48. The van der Waals surface area contributed by atoms with E-state index in [1.54, 1.807) is 0 Å². The van der Waals surface area contributed by atoms with Gasteiger partial charge in [0.05, 0.1) is 0 Å². The van der Waals surface area contributed by atoms with Gasteiger partial charge in [0.2, 0.25) is 11.8 Å². The maximum absolute atomic E-state index is 12.2. The van der Waals surface area contributed by atoms with Crippen molar-refractivity contribution in [1.82, 2.24) is 20.4 Å². The van der Waals surface area contributed by atoms with Crippen LogP contribution in [-0.4, -0.2) is 47.1 Å². The Morgan fingerprint density at radius 3 is 3.05 bits per heavy atom. The molecular weight excluding hydrogens is 268 g/mol. The van der Waals surface area contributed by atoms with E-state index in [1.165, 1.54) is 12.8 Å². The zero-order valence-electron chi connectivity index (χ0n) is 12.7. The molecular formula is C15H24N4O2. The van der Waals surface area contributed by atoms with Gasteiger partial charge >= 0.3 is 0 Å². The molecule has 1 aromatic rings. The molecule has 6 heteroatoms. The third-order valence-corrected chi connectivity index (χ3v) is 4.39. The quantitative estimate of drug-likeness (QED) is 0.860. The minimum atomic E-state index is 0.247. The summed E-state index contributed by atoms with van der Waals surface area (Å²) in [6.45, 7) is 1.73. The molecule has 2 fully saturated rings. The largest absolute Gasteiger partial charge is 0.341 e. The van der Waals surface area contributed by atoms with Crippen molar-refractivity contribution in [2.45, 2.75) is 56.9 Å². The Kier molecular flexibility index (Phi) is 4.53. The summed E-state index contributed by atoms with van der Waals surface area (Å²) in [7, 11) is 1.96. The highest BCUT2D eigenvalue weighted by Gasteiger charge is 2.28. The first-order valence-electron chi connectivity index (χ1n) is 8.04. The fourth-order valence-corrected chi connectivity index (χ4v) is 2.87. The standard InChI is InChI=1S/C15H24N4O2/c1-16-12-4-3-9-19(10-12)14(20)6-2-5-13-17-15(18-21-13)11-7-8-11/h11-12,16H,2-10H2,1H3. The molecule has 1 N–H and O–H groups in total. The molecule has 0 aromatic carbocycles. The number of likely N-dealkylation sites (tertiary alicyclic amines) is 1. The van der Waals surface area contributed by atoms with Gasteiger partial charge in [-0.3, -0.25) is 4.79 Å². The van der Waals surface area contributed by atoms with E-state index < -0.39 is 0 Å². The Bertz CT molecular complexity index is 484. The number of carbonyl (C=O) groups is 1. The van der Waals surface area contributed by atoms with E-state index in [4.69, 9.17) is 4.52 Å². The van der Waals surface area contributed by atoms with E-state index in [2.05, 4.69) is 15.5 Å². The van der Waals surface area contributed by atoms with E-state index in [-0.39, 0.29) is 5.91 Å². The summed E-state index contributed by atoms with van der Waals surface area (Å²) in [6.07, 6.45) is 6.66. The number of aromatic nitrogens is 2. The van der Waals surface area contributed by atoms with E-state index >= 15 is 0 Å². The lowest BCUT2D eigenvalue weighted by Crippen LogP contribution is -2.46. The molecule has 0 spiro atoms. The van der Waals surface area contributed by atoms with Gasteiger partial charge in [0.15, 0.2) is 5.82 Å². The lowest BCUT2D eigenvalue weighted by Gasteiger charge is -2.32. The average molecular weight is 292 g/mol. The third kappa shape index (κ3) is 3.81. The summed E-state index contributed by atoms with van der Waals surface area (Å²) in [5.41, 5.74) is 0. The van der Waals surface area contributed by atoms with Crippen molar-refractivity contribution in [3.63, 3.8) is 0 Å². The molecule has 6 nitrogen and oxygen atoms in total. The first-order valence-corrected chi connectivity index (χ1v) is 8.04. The van der Waals surface area contributed by atoms with Crippen molar-refractivity contribution in [2.75, 3.05) is 20.1 Å². The Balaban J connectivity index is 1.40. The molecule has 0 radical (unpaired) electrons. The number of likely N-dealkylation sites (N-methyl/N-ethyl adjacent to an activating group) is 1. The topological polar surface area (TPSA) is 71.3 Å². The number of amides is 1. The van der Waals surface area contributed by atoms with Crippen LogP contribution < -0.4 is 5.32 Å². The predicted molar refractivity (Wildman–Crippen MR) is 77.9 cm³/mol. The van der Waals surface area contributed by atoms with Gasteiger partial charge in [-0.2, -0.15) is 4.98 Å². The van der Waals surface area contributed by atoms with Crippen LogP contribution in [0.5, 0.6) is 0 Å². The molecule has 1 aromatic heterocycles. The van der Waals surface area contributed by atoms with E-state index in [9.17, 15) is 4.79 Å². The van der Waals surface area contributed by atoms with Gasteiger partial charge in [-0.25, -0.2) is 0 Å². The second-order valence-corrected chi connectivity index (χ2v) is 6.14. The molecule has 1 aliphatic carbocycles. The number of hydrogen-bond acceptors (Lipinski definition) is 5. The van der Waals surface area contributed by atoms with Crippen LogP contribution in [0.3, 0.4) is 0 Å². The number of aryl methyl sites for hydroxylation is 1. The minimum Gasteiger partial charge on any atom is -0.341 e. The zero-order chi connectivity index (χ0) is 14.7. The van der Waals surface area contributed by atoms with Crippen LogP contribution in [0, 0.1) is 0 Å². The molecule has 1 unspecified atom stereocenters. The van der Waals surface area contributed by atoms with Crippen LogP contribution in [0.4, 0.5) is 0 Å². The molecule has 1 amide bonds. The first-order chi connectivity index (χ1) is 10.3. The Hall–Kier alpha value is -1.43. The molecule has 2 heterocycles. The second-order valence-electron chi connectivity index (χ2n) is 6.14. The summed E-state index contributed by atoms with van der Waals surface area (Å²) < 4.78 is 5.23. The van der Waals surface area contributed by atoms with E-state index in [0.29, 0.717) is 30.7 Å². The van der Waals surface area contributed by atoms with Gasteiger partial charge in [-0.05, 0) is 39.2 Å². The van der Waals surface area contributed by atoms with Crippen molar-refractivity contribution in [1.29, 1.82) is 0 Å². The Morgan fingerprint density at radius 2 is 2.29 bits per heavy atom. The van der Waals surface area contributed by atoms with E-state index in [0.717, 1.165) is 38.2 Å². The molecule has 21 heavy (non-hydrogen) atoms. The fraction of sp³-hybridized carbons (Fsp3) is 0.800. The van der Waals surface area contributed by atoms with Gasteiger partial charge in [0.25, 0.3) is 0 Å². The van der Waals surface area contributed by atoms with Gasteiger partial charge in [-0.1, -0.05) is 5.16 Å². The smallest absolute Gasteiger partial charge is 0.226 e. The van der Waals surface area contributed by atoms with Crippen LogP contribution in [0.25, 0.3) is 0 Å². The highest BCUT2D eigenvalue weighted by Crippen LogP contribution is 2.38. The molecule has 1 atom stereocenters. The van der Waals surface area contributed by atoms with Gasteiger partial charge in [0, 0.05) is 37.9 Å². The third-order valence-electron chi connectivity index (χ3n) is 4.39. The minimum absolute atomic E-state index is 0.247. The van der Waals surface area contributed by atoms with Crippen LogP contribution in [-0.2, 0) is 11.2 Å². The van der Waals surface area contributed by atoms with Gasteiger partial charge in [0.1, 0.15) is 0 Å². The van der Waals surface area contributed by atoms with Crippen molar-refractivity contribution >= 4 is 5.91 Å². The SMILES string of the molecule is CNC1CCCN(C(=O)CCCc2nc(C3CC3)no2)C1. The van der Waals surface area contributed by atoms with Crippen molar-refractivity contribution < 1.29 is 9.32 Å². The summed E-state index contributed by atoms with van der Waals surface area (Å²) >= 11 is 0. The van der Waals surface area contributed by atoms with Gasteiger partial charge < -0.3 is 14.7 Å². The van der Waals surface area contributed by atoms with Crippen molar-refractivity contribution in [2.24, 2.45) is 0 Å². The van der Waals surface area contributed by atoms with Crippen LogP contribution in [0.15, 0.2) is 4.52 Å². The summed E-state index contributed by atoms with van der Waals surface area (Å²) in [6, 6.07) is 0.444. The lowest BCUT2D eigenvalue weighted by molar-refractivity contribution is -0.132. The summed E-state index contributed by atoms with van der Waals surface area (Å²) in [5, 5.41) is 7.26. The Labute approximate surface area is 125 Å². The maximum atomic E-state index is 12.2. The number of nitrogens with zero attached hydrogens (tertiary/aromatic N) is 3. The number of piperidine rings is 1. The Morgan fingerprint density at radius 1 is 1.43 bits per heavy atom. The number of rotatable bonds is 6. The second kappa shape index (κ2) is 6.56.